The Balaban J connectivity index is 2.26. The topological polar surface area (TPSA) is 30.0 Å². The molecule has 0 fully saturated rings. The number of nitrogens with zero attached hydrogens (tertiary/aromatic N) is 1. The number of pyridine rings is 1. The van der Waals surface area contributed by atoms with Crippen LogP contribution in [0.25, 0.3) is 0 Å². The van der Waals surface area contributed by atoms with Crippen LogP contribution >= 0.6 is 0 Å². The number of aromatic nitrogens is 1. The summed E-state index contributed by atoms with van der Waals surface area (Å²) in [6, 6.07) is 3.52. The highest BCUT2D eigenvalue weighted by molar-refractivity contribution is 5.95. The molecule has 0 aliphatic rings. The monoisotopic (exact) mass is 229 g/mol. The van der Waals surface area contributed by atoms with E-state index >= 15 is 0 Å². The van der Waals surface area contributed by atoms with Crippen molar-refractivity contribution in [3.05, 3.63) is 54.4 Å². The number of unbranched alkanes of at least 4 members (excludes halogenated alkanes) is 1. The van der Waals surface area contributed by atoms with Crippen LogP contribution in [-0.4, -0.2) is 10.8 Å². The van der Waals surface area contributed by atoms with E-state index in [2.05, 4.69) is 18.1 Å². The lowest BCUT2D eigenvalue weighted by Gasteiger charge is -2.04. The largest absolute Gasteiger partial charge is 0.294 e. The molecule has 0 N–H and O–H groups in total. The fourth-order valence-electron chi connectivity index (χ4n) is 1.52. The molecule has 0 aromatic carbocycles. The first-order valence-electron chi connectivity index (χ1n) is 5.88. The zero-order valence-electron chi connectivity index (χ0n) is 10.4. The quantitative estimate of drug-likeness (QED) is 0.402. The fourth-order valence-corrected chi connectivity index (χ4v) is 1.52. The van der Waals surface area contributed by atoms with E-state index in [1.165, 1.54) is 0 Å². The van der Waals surface area contributed by atoms with Crippen LogP contribution in [0.2, 0.25) is 0 Å². The summed E-state index contributed by atoms with van der Waals surface area (Å²) in [5.41, 5.74) is 2.87. The van der Waals surface area contributed by atoms with Crippen LogP contribution < -0.4 is 0 Å². The minimum absolute atomic E-state index is 0.188. The molecular formula is C15H19NO. The van der Waals surface area contributed by atoms with Crippen LogP contribution in [0.3, 0.4) is 0 Å². The third-order valence-electron chi connectivity index (χ3n) is 2.74. The average Bonchev–Trinajstić information content (AvgIpc) is 2.35. The summed E-state index contributed by atoms with van der Waals surface area (Å²) in [6.45, 7) is 9.74. The van der Waals surface area contributed by atoms with E-state index in [4.69, 9.17) is 0 Å². The molecule has 0 amide bonds. The highest BCUT2D eigenvalue weighted by atomic mass is 16.1. The summed E-state index contributed by atoms with van der Waals surface area (Å²) in [5, 5.41) is 0. The second kappa shape index (κ2) is 6.79. The molecule has 2 heteroatoms. The Morgan fingerprint density at radius 3 is 2.35 bits per heavy atom. The molecule has 17 heavy (non-hydrogen) atoms. The minimum atomic E-state index is 0.188. The van der Waals surface area contributed by atoms with Crippen LogP contribution in [0.1, 0.15) is 43.0 Å². The summed E-state index contributed by atoms with van der Waals surface area (Å²) >= 11 is 0. The molecule has 1 aromatic rings. The van der Waals surface area contributed by atoms with Crippen molar-refractivity contribution in [1.29, 1.82) is 0 Å². The summed E-state index contributed by atoms with van der Waals surface area (Å²) in [6.07, 6.45) is 6.70. The molecule has 0 spiro atoms. The van der Waals surface area contributed by atoms with Crippen molar-refractivity contribution in [3.8, 4) is 0 Å². The minimum Gasteiger partial charge on any atom is -0.294 e. The van der Waals surface area contributed by atoms with E-state index in [-0.39, 0.29) is 5.78 Å². The first kappa shape index (κ1) is 13.4. The Morgan fingerprint density at radius 1 is 1.18 bits per heavy atom. The second-order valence-corrected chi connectivity index (χ2v) is 4.25. The van der Waals surface area contributed by atoms with Gasteiger partial charge < -0.3 is 0 Å². The van der Waals surface area contributed by atoms with Gasteiger partial charge in [0, 0.05) is 24.4 Å². The maximum Gasteiger partial charge on any atom is 0.162 e. The van der Waals surface area contributed by atoms with Crippen LogP contribution in [0.5, 0.6) is 0 Å². The number of hydrogen-bond acceptors (Lipinski definition) is 2. The second-order valence-electron chi connectivity index (χ2n) is 4.25. The maximum atomic E-state index is 11.8. The highest BCUT2D eigenvalue weighted by Gasteiger charge is 2.04. The molecule has 0 saturated heterocycles. The highest BCUT2D eigenvalue weighted by Crippen LogP contribution is 2.14. The molecule has 0 unspecified atom stereocenters. The van der Waals surface area contributed by atoms with Crippen molar-refractivity contribution in [2.45, 2.75) is 32.6 Å². The first-order chi connectivity index (χ1) is 8.11. The van der Waals surface area contributed by atoms with Gasteiger partial charge in [0.15, 0.2) is 5.78 Å². The van der Waals surface area contributed by atoms with E-state index in [1.54, 1.807) is 24.5 Å². The fraction of sp³-hybridized carbons (Fsp3) is 0.333. The van der Waals surface area contributed by atoms with Crippen molar-refractivity contribution in [2.75, 3.05) is 0 Å². The molecule has 0 radical (unpaired) electrons. The van der Waals surface area contributed by atoms with Gasteiger partial charge in [0.1, 0.15) is 0 Å². The lowest BCUT2D eigenvalue weighted by atomic mass is 10.0. The molecule has 0 saturated carbocycles. The van der Waals surface area contributed by atoms with Gasteiger partial charge in [-0.3, -0.25) is 9.78 Å². The number of Topliss-reactive ketones (excluding diaryl/α,β-unsaturated/α-hetero) is 1. The van der Waals surface area contributed by atoms with Crippen LogP contribution in [-0.2, 0) is 0 Å². The summed E-state index contributed by atoms with van der Waals surface area (Å²) in [4.78, 5) is 15.6. The Morgan fingerprint density at radius 2 is 1.76 bits per heavy atom. The average molecular weight is 229 g/mol. The Bertz CT molecular complexity index is 406. The number of hydrogen-bond donors (Lipinski definition) is 0. The van der Waals surface area contributed by atoms with E-state index in [0.29, 0.717) is 6.42 Å². The molecule has 1 aromatic heterocycles. The van der Waals surface area contributed by atoms with Crippen LogP contribution in [0.15, 0.2) is 48.8 Å². The molecule has 0 aliphatic carbocycles. The van der Waals surface area contributed by atoms with E-state index in [9.17, 15) is 4.79 Å². The van der Waals surface area contributed by atoms with Crippen LogP contribution in [0, 0.1) is 0 Å². The Hall–Kier alpha value is -1.70. The normalized spacial score (nSPS) is 9.94. The van der Waals surface area contributed by atoms with Gasteiger partial charge in [-0.25, -0.2) is 0 Å². The van der Waals surface area contributed by atoms with Gasteiger partial charge in [0.25, 0.3) is 0 Å². The molecule has 1 heterocycles. The van der Waals surface area contributed by atoms with Gasteiger partial charge in [0.2, 0.25) is 0 Å². The van der Waals surface area contributed by atoms with Gasteiger partial charge in [-0.1, -0.05) is 24.3 Å². The molecule has 0 atom stereocenters. The van der Waals surface area contributed by atoms with Gasteiger partial charge in [-0.15, -0.1) is 0 Å². The maximum absolute atomic E-state index is 11.8. The van der Waals surface area contributed by atoms with Crippen molar-refractivity contribution < 1.29 is 4.79 Å². The first-order valence-corrected chi connectivity index (χ1v) is 5.88. The number of ketones is 1. The predicted molar refractivity (Wildman–Crippen MR) is 71.0 cm³/mol. The number of allylic oxidation sites excluding steroid dienone is 2. The number of carbonyl (C=O) groups excluding carboxylic acids is 1. The van der Waals surface area contributed by atoms with Gasteiger partial charge in [0.05, 0.1) is 0 Å². The smallest absolute Gasteiger partial charge is 0.162 e. The Kier molecular flexibility index (Phi) is 5.34. The summed E-state index contributed by atoms with van der Waals surface area (Å²) < 4.78 is 0. The van der Waals surface area contributed by atoms with Crippen LogP contribution in [0.4, 0.5) is 0 Å². The summed E-state index contributed by atoms with van der Waals surface area (Å²) in [5.74, 6) is 0.188. The van der Waals surface area contributed by atoms with Crippen molar-refractivity contribution >= 4 is 5.78 Å². The lowest BCUT2D eigenvalue weighted by molar-refractivity contribution is 0.0979. The third-order valence-corrected chi connectivity index (χ3v) is 2.74. The lowest BCUT2D eigenvalue weighted by Crippen LogP contribution is -1.98. The van der Waals surface area contributed by atoms with E-state index < -0.39 is 0 Å². The molecular weight excluding hydrogens is 210 g/mol. The predicted octanol–water partition coefficient (Wildman–Crippen LogP) is 3.96. The van der Waals surface area contributed by atoms with Gasteiger partial charge in [-0.05, 0) is 38.3 Å². The van der Waals surface area contributed by atoms with Gasteiger partial charge >= 0.3 is 0 Å². The zero-order chi connectivity index (χ0) is 12.7. The van der Waals surface area contributed by atoms with Crippen molar-refractivity contribution in [1.82, 2.24) is 4.98 Å². The molecule has 2 nitrogen and oxygen atoms in total. The summed E-state index contributed by atoms with van der Waals surface area (Å²) in [7, 11) is 0. The number of carbonyl (C=O) groups is 1. The number of rotatable bonds is 7. The molecule has 0 aliphatic heterocycles. The van der Waals surface area contributed by atoms with Crippen molar-refractivity contribution in [3.63, 3.8) is 0 Å². The van der Waals surface area contributed by atoms with Crippen molar-refractivity contribution in [2.24, 2.45) is 0 Å². The van der Waals surface area contributed by atoms with Gasteiger partial charge in [-0.2, -0.15) is 0 Å². The Labute approximate surface area is 103 Å². The zero-order valence-corrected chi connectivity index (χ0v) is 10.4. The molecule has 1 rings (SSSR count). The van der Waals surface area contributed by atoms with E-state index in [0.717, 1.165) is 36.0 Å². The standard InChI is InChI=1S/C15H19NO/c1-12(2)13(3)6-4-5-7-15(17)14-8-10-16-11-9-14/h8-11H,1,3-7H2,2H3. The SMILES string of the molecule is C=C(C)C(=C)CCCCC(=O)c1ccncc1. The van der Waals surface area contributed by atoms with E-state index in [1.807, 2.05) is 6.92 Å². The molecule has 0 bridgehead atoms. The molecule has 90 valence electrons. The third kappa shape index (κ3) is 4.77.